The molecule has 0 unspecified atom stereocenters. The first-order valence-corrected chi connectivity index (χ1v) is 9.18. The number of amides is 1. The van der Waals surface area contributed by atoms with E-state index in [1.54, 1.807) is 12.1 Å². The molecule has 1 aromatic rings. The van der Waals surface area contributed by atoms with Gasteiger partial charge in [-0.3, -0.25) is 4.79 Å². The lowest BCUT2D eigenvalue weighted by Gasteiger charge is -2.30. The summed E-state index contributed by atoms with van der Waals surface area (Å²) in [4.78, 5) is 11.4. The Morgan fingerprint density at radius 2 is 1.91 bits per heavy atom. The predicted octanol–water partition coefficient (Wildman–Crippen LogP) is 1.70. The van der Waals surface area contributed by atoms with Gasteiger partial charge in [-0.15, -0.1) is 0 Å². The van der Waals surface area contributed by atoms with Gasteiger partial charge in [-0.05, 0) is 36.5 Å². The Bertz CT molecular complexity index is 677. The molecule has 1 saturated heterocycles. The van der Waals surface area contributed by atoms with Gasteiger partial charge < -0.3 is 10.5 Å². The summed E-state index contributed by atoms with van der Waals surface area (Å²) in [6.07, 6.45) is 0.919. The van der Waals surface area contributed by atoms with Crippen molar-refractivity contribution >= 4 is 15.9 Å². The van der Waals surface area contributed by atoms with Crippen LogP contribution in [0.4, 0.5) is 0 Å². The second-order valence-corrected chi connectivity index (χ2v) is 8.05. The molecule has 2 rings (SSSR count). The normalized spacial score (nSPS) is 17.4. The minimum absolute atomic E-state index is 0.168. The molecular weight excluding hydrogens is 316 g/mol. The standard InChI is InChI=1S/C16H24N2O4S/c1-11(2)13-4-5-15(14(10-13)22-3)23(20,21)18-8-6-12(7-9-18)16(17)19/h4-5,10-12H,6-9H2,1-3H3,(H2,17,19). The first-order chi connectivity index (χ1) is 10.8. The lowest BCUT2D eigenvalue weighted by Crippen LogP contribution is -2.41. The number of carbonyl (C=O) groups excluding carboxylic acids is 1. The lowest BCUT2D eigenvalue weighted by atomic mass is 9.98. The maximum Gasteiger partial charge on any atom is 0.246 e. The number of hydrogen-bond acceptors (Lipinski definition) is 4. The van der Waals surface area contributed by atoms with Crippen LogP contribution in [0.1, 0.15) is 38.2 Å². The van der Waals surface area contributed by atoms with Crippen molar-refractivity contribution in [3.8, 4) is 5.75 Å². The SMILES string of the molecule is COc1cc(C(C)C)ccc1S(=O)(=O)N1CCC(C(N)=O)CC1. The van der Waals surface area contributed by atoms with Gasteiger partial charge in [0.25, 0.3) is 0 Å². The van der Waals surface area contributed by atoms with Crippen LogP contribution < -0.4 is 10.5 Å². The fraction of sp³-hybridized carbons (Fsp3) is 0.562. The number of benzene rings is 1. The number of rotatable bonds is 5. The summed E-state index contributed by atoms with van der Waals surface area (Å²) in [5.41, 5.74) is 6.32. The van der Waals surface area contributed by atoms with E-state index in [-0.39, 0.29) is 22.6 Å². The molecule has 23 heavy (non-hydrogen) atoms. The fourth-order valence-electron chi connectivity index (χ4n) is 2.78. The number of carbonyl (C=O) groups is 1. The van der Waals surface area contributed by atoms with Crippen LogP contribution in [0.25, 0.3) is 0 Å². The van der Waals surface area contributed by atoms with Crippen LogP contribution in [0.3, 0.4) is 0 Å². The number of nitrogens with two attached hydrogens (primary N) is 1. The topological polar surface area (TPSA) is 89.7 Å². The van der Waals surface area contributed by atoms with Crippen molar-refractivity contribution in [2.24, 2.45) is 11.7 Å². The van der Waals surface area contributed by atoms with E-state index < -0.39 is 10.0 Å². The molecule has 0 bridgehead atoms. The third-order valence-corrected chi connectivity index (χ3v) is 6.27. The Morgan fingerprint density at radius 3 is 2.39 bits per heavy atom. The van der Waals surface area contributed by atoms with E-state index in [1.807, 2.05) is 19.9 Å². The van der Waals surface area contributed by atoms with Crippen LogP contribution in [-0.2, 0) is 14.8 Å². The van der Waals surface area contributed by atoms with E-state index in [2.05, 4.69) is 0 Å². The van der Waals surface area contributed by atoms with Gasteiger partial charge in [-0.25, -0.2) is 8.42 Å². The number of sulfonamides is 1. The highest BCUT2D eigenvalue weighted by Crippen LogP contribution is 2.32. The van der Waals surface area contributed by atoms with E-state index in [1.165, 1.54) is 11.4 Å². The molecular formula is C16H24N2O4S. The van der Waals surface area contributed by atoms with Gasteiger partial charge in [0.15, 0.2) is 0 Å². The van der Waals surface area contributed by atoms with Crippen molar-refractivity contribution in [3.63, 3.8) is 0 Å². The first kappa shape index (κ1) is 17.7. The number of ether oxygens (including phenoxy) is 1. The molecule has 1 fully saturated rings. The summed E-state index contributed by atoms with van der Waals surface area (Å²) in [7, 11) is -2.17. The highest BCUT2D eigenvalue weighted by molar-refractivity contribution is 7.89. The van der Waals surface area contributed by atoms with Crippen molar-refractivity contribution in [1.82, 2.24) is 4.31 Å². The lowest BCUT2D eigenvalue weighted by molar-refractivity contribution is -0.122. The summed E-state index contributed by atoms with van der Waals surface area (Å²) in [6, 6.07) is 5.19. The van der Waals surface area contributed by atoms with Crippen molar-refractivity contribution < 1.29 is 17.9 Å². The van der Waals surface area contributed by atoms with E-state index >= 15 is 0 Å². The van der Waals surface area contributed by atoms with Crippen LogP contribution >= 0.6 is 0 Å². The predicted molar refractivity (Wildman–Crippen MR) is 87.8 cm³/mol. The zero-order valence-electron chi connectivity index (χ0n) is 13.8. The second kappa shape index (κ2) is 6.88. The molecule has 0 atom stereocenters. The maximum absolute atomic E-state index is 12.9. The number of hydrogen-bond donors (Lipinski definition) is 1. The second-order valence-electron chi connectivity index (χ2n) is 6.15. The zero-order chi connectivity index (χ0) is 17.2. The highest BCUT2D eigenvalue weighted by Gasteiger charge is 2.33. The molecule has 1 amide bonds. The Balaban J connectivity index is 2.28. The van der Waals surface area contributed by atoms with E-state index in [9.17, 15) is 13.2 Å². The van der Waals surface area contributed by atoms with Crippen LogP contribution in [0, 0.1) is 5.92 Å². The van der Waals surface area contributed by atoms with Gasteiger partial charge in [0.05, 0.1) is 7.11 Å². The summed E-state index contributed by atoms with van der Waals surface area (Å²) < 4.78 is 32.4. The molecule has 0 aromatic heterocycles. The molecule has 0 saturated carbocycles. The summed E-state index contributed by atoms with van der Waals surface area (Å²) >= 11 is 0. The van der Waals surface area contributed by atoms with Gasteiger partial charge in [0.1, 0.15) is 10.6 Å². The van der Waals surface area contributed by atoms with Crippen molar-refractivity contribution in [3.05, 3.63) is 23.8 Å². The van der Waals surface area contributed by atoms with Crippen LogP contribution in [0.15, 0.2) is 23.1 Å². The third kappa shape index (κ3) is 3.67. The number of nitrogens with zero attached hydrogens (tertiary/aromatic N) is 1. The molecule has 2 N–H and O–H groups in total. The van der Waals surface area contributed by atoms with E-state index in [0.717, 1.165) is 5.56 Å². The average Bonchev–Trinajstić information content (AvgIpc) is 2.54. The van der Waals surface area contributed by atoms with Crippen molar-refractivity contribution in [1.29, 1.82) is 0 Å². The molecule has 1 aliphatic rings. The van der Waals surface area contributed by atoms with Crippen molar-refractivity contribution in [2.75, 3.05) is 20.2 Å². The monoisotopic (exact) mass is 340 g/mol. The van der Waals surface area contributed by atoms with E-state index in [4.69, 9.17) is 10.5 Å². The molecule has 1 heterocycles. The minimum Gasteiger partial charge on any atom is -0.495 e. The van der Waals surface area contributed by atoms with Crippen LogP contribution in [0.5, 0.6) is 5.75 Å². The summed E-state index contributed by atoms with van der Waals surface area (Å²) in [5, 5.41) is 0. The number of piperidine rings is 1. The van der Waals surface area contributed by atoms with Gasteiger partial charge in [-0.2, -0.15) is 4.31 Å². The summed E-state index contributed by atoms with van der Waals surface area (Å²) in [6.45, 7) is 4.67. The Labute approximate surface area is 137 Å². The number of primary amides is 1. The molecule has 0 radical (unpaired) electrons. The summed E-state index contributed by atoms with van der Waals surface area (Å²) in [5.74, 6) is 0.0350. The average molecular weight is 340 g/mol. The third-order valence-electron chi connectivity index (χ3n) is 4.33. The molecule has 0 aliphatic carbocycles. The van der Waals surface area contributed by atoms with Crippen LogP contribution in [0.2, 0.25) is 0 Å². The van der Waals surface area contributed by atoms with Gasteiger partial charge in [0, 0.05) is 19.0 Å². The fourth-order valence-corrected chi connectivity index (χ4v) is 4.38. The largest absolute Gasteiger partial charge is 0.495 e. The Kier molecular flexibility index (Phi) is 5.31. The highest BCUT2D eigenvalue weighted by atomic mass is 32.2. The Morgan fingerprint density at radius 1 is 1.30 bits per heavy atom. The number of methoxy groups -OCH3 is 1. The van der Waals surface area contributed by atoms with Gasteiger partial charge in [0.2, 0.25) is 15.9 Å². The van der Waals surface area contributed by atoms with Gasteiger partial charge in [-0.1, -0.05) is 19.9 Å². The minimum atomic E-state index is -3.64. The molecule has 128 valence electrons. The zero-order valence-corrected chi connectivity index (χ0v) is 14.6. The molecule has 1 aromatic carbocycles. The van der Waals surface area contributed by atoms with Crippen molar-refractivity contribution in [2.45, 2.75) is 37.5 Å². The first-order valence-electron chi connectivity index (χ1n) is 7.74. The van der Waals surface area contributed by atoms with Gasteiger partial charge >= 0.3 is 0 Å². The molecule has 7 heteroatoms. The maximum atomic E-state index is 12.9. The van der Waals surface area contributed by atoms with Crippen LogP contribution in [-0.4, -0.2) is 38.8 Å². The smallest absolute Gasteiger partial charge is 0.246 e. The quantitative estimate of drug-likeness (QED) is 0.883. The Hall–Kier alpha value is -1.60. The molecule has 0 spiro atoms. The molecule has 6 nitrogen and oxygen atoms in total. The van der Waals surface area contributed by atoms with E-state index in [0.29, 0.717) is 31.7 Å². The molecule has 1 aliphatic heterocycles.